The van der Waals surface area contributed by atoms with Crippen LogP contribution in [0.4, 0.5) is 0 Å². The van der Waals surface area contributed by atoms with Crippen LogP contribution in [-0.2, 0) is 13.0 Å². The van der Waals surface area contributed by atoms with E-state index in [-0.39, 0.29) is 0 Å². The Labute approximate surface area is 125 Å². The molecule has 1 heterocycles. The summed E-state index contributed by atoms with van der Waals surface area (Å²) in [4.78, 5) is 15.8. The van der Waals surface area contributed by atoms with Crippen molar-refractivity contribution in [3.8, 4) is 0 Å². The van der Waals surface area contributed by atoms with E-state index in [1.165, 1.54) is 6.42 Å². The Kier molecular flexibility index (Phi) is 4.99. The number of imidazole rings is 1. The molecule has 2 aromatic rings. The van der Waals surface area contributed by atoms with Gasteiger partial charge in [-0.2, -0.15) is 0 Å². The molecule has 0 unspecified atom stereocenters. The third-order valence-corrected chi connectivity index (χ3v) is 3.71. The van der Waals surface area contributed by atoms with Crippen LogP contribution in [0.1, 0.15) is 56.2 Å². The Morgan fingerprint density at radius 2 is 2.14 bits per heavy atom. The van der Waals surface area contributed by atoms with Crippen molar-refractivity contribution in [2.24, 2.45) is 5.92 Å². The summed E-state index contributed by atoms with van der Waals surface area (Å²) in [6.07, 6.45) is 4.24. The molecule has 1 N–H and O–H groups in total. The Bertz CT molecular complexity index is 629. The molecule has 0 spiro atoms. The van der Waals surface area contributed by atoms with Crippen molar-refractivity contribution in [1.29, 1.82) is 0 Å². The third kappa shape index (κ3) is 3.63. The van der Waals surface area contributed by atoms with Gasteiger partial charge in [-0.3, -0.25) is 0 Å². The Morgan fingerprint density at radius 1 is 1.38 bits per heavy atom. The lowest BCUT2D eigenvalue weighted by Gasteiger charge is -2.10. The van der Waals surface area contributed by atoms with Gasteiger partial charge >= 0.3 is 5.97 Å². The maximum Gasteiger partial charge on any atom is 0.335 e. The quantitative estimate of drug-likeness (QED) is 0.833. The molecule has 0 atom stereocenters. The van der Waals surface area contributed by atoms with Crippen molar-refractivity contribution in [2.45, 2.75) is 53.0 Å². The second kappa shape index (κ2) is 6.74. The van der Waals surface area contributed by atoms with Gasteiger partial charge in [-0.15, -0.1) is 0 Å². The highest BCUT2D eigenvalue weighted by atomic mass is 16.4. The zero-order chi connectivity index (χ0) is 15.4. The van der Waals surface area contributed by atoms with E-state index in [9.17, 15) is 4.79 Å². The molecular formula is C17H24N2O2. The van der Waals surface area contributed by atoms with Crippen LogP contribution < -0.4 is 0 Å². The number of aryl methyl sites for hydroxylation is 2. The number of hydrogen-bond acceptors (Lipinski definition) is 2. The topological polar surface area (TPSA) is 55.1 Å². The summed E-state index contributed by atoms with van der Waals surface area (Å²) in [5.41, 5.74) is 2.17. The zero-order valence-corrected chi connectivity index (χ0v) is 13.1. The van der Waals surface area contributed by atoms with E-state index in [1.807, 2.05) is 6.07 Å². The molecule has 0 saturated carbocycles. The van der Waals surface area contributed by atoms with Crippen LogP contribution in [0.5, 0.6) is 0 Å². The van der Waals surface area contributed by atoms with E-state index in [4.69, 9.17) is 5.11 Å². The molecule has 0 saturated heterocycles. The average molecular weight is 288 g/mol. The number of aromatic nitrogens is 2. The number of rotatable bonds is 7. The van der Waals surface area contributed by atoms with Crippen molar-refractivity contribution >= 4 is 17.0 Å². The maximum atomic E-state index is 11.2. The maximum absolute atomic E-state index is 11.2. The van der Waals surface area contributed by atoms with Crippen molar-refractivity contribution in [3.05, 3.63) is 29.6 Å². The lowest BCUT2D eigenvalue weighted by molar-refractivity contribution is 0.0697. The van der Waals surface area contributed by atoms with Gasteiger partial charge in [0.2, 0.25) is 0 Å². The number of hydrogen-bond donors (Lipinski definition) is 1. The smallest absolute Gasteiger partial charge is 0.335 e. The molecule has 0 fully saturated rings. The predicted octanol–water partition coefficient (Wildman–Crippen LogP) is 4.12. The fourth-order valence-corrected chi connectivity index (χ4v) is 2.63. The van der Waals surface area contributed by atoms with Crippen LogP contribution in [0.3, 0.4) is 0 Å². The number of carboxylic acids is 1. The third-order valence-electron chi connectivity index (χ3n) is 3.71. The van der Waals surface area contributed by atoms with Gasteiger partial charge in [-0.1, -0.05) is 20.8 Å². The molecule has 1 aromatic heterocycles. The van der Waals surface area contributed by atoms with Crippen LogP contribution in [0, 0.1) is 5.92 Å². The minimum atomic E-state index is -0.885. The number of carbonyl (C=O) groups is 1. The van der Waals surface area contributed by atoms with Gasteiger partial charge in [0.25, 0.3) is 0 Å². The monoisotopic (exact) mass is 288 g/mol. The molecule has 0 aliphatic carbocycles. The summed E-state index contributed by atoms with van der Waals surface area (Å²) >= 11 is 0. The minimum Gasteiger partial charge on any atom is -0.478 e. The van der Waals surface area contributed by atoms with E-state index in [0.29, 0.717) is 11.5 Å². The second-order valence-electron chi connectivity index (χ2n) is 5.97. The van der Waals surface area contributed by atoms with Crippen molar-refractivity contribution in [2.75, 3.05) is 0 Å². The summed E-state index contributed by atoms with van der Waals surface area (Å²) in [6, 6.07) is 5.20. The fraction of sp³-hybridized carbons (Fsp3) is 0.529. The van der Waals surface area contributed by atoms with E-state index in [2.05, 4.69) is 30.3 Å². The largest absolute Gasteiger partial charge is 0.478 e. The van der Waals surface area contributed by atoms with Gasteiger partial charge in [0, 0.05) is 13.0 Å². The lowest BCUT2D eigenvalue weighted by atomic mass is 10.1. The first kappa shape index (κ1) is 15.5. The first-order valence-corrected chi connectivity index (χ1v) is 7.75. The SMILES string of the molecule is CCCc1nc2ccc(C(=O)O)cc2n1CCCC(C)C. The number of nitrogens with zero attached hydrogens (tertiary/aromatic N) is 2. The Morgan fingerprint density at radius 3 is 2.76 bits per heavy atom. The van der Waals surface area contributed by atoms with E-state index in [0.717, 1.165) is 42.7 Å². The summed E-state index contributed by atoms with van der Waals surface area (Å²) in [5.74, 6) is 0.867. The molecular weight excluding hydrogens is 264 g/mol. The molecule has 0 amide bonds. The molecule has 114 valence electrons. The summed E-state index contributed by atoms with van der Waals surface area (Å²) in [7, 11) is 0. The highest BCUT2D eigenvalue weighted by Gasteiger charge is 2.12. The molecule has 0 bridgehead atoms. The van der Waals surface area contributed by atoms with Gasteiger partial charge < -0.3 is 9.67 Å². The van der Waals surface area contributed by atoms with Crippen LogP contribution in [0.25, 0.3) is 11.0 Å². The summed E-state index contributed by atoms with van der Waals surface area (Å²) < 4.78 is 2.20. The van der Waals surface area contributed by atoms with Crippen LogP contribution in [0.15, 0.2) is 18.2 Å². The number of benzene rings is 1. The number of carboxylic acid groups (broad SMARTS) is 1. The first-order chi connectivity index (χ1) is 10.0. The molecule has 2 rings (SSSR count). The van der Waals surface area contributed by atoms with Crippen molar-refractivity contribution < 1.29 is 9.90 Å². The number of fused-ring (bicyclic) bond motifs is 1. The van der Waals surface area contributed by atoms with E-state index < -0.39 is 5.97 Å². The van der Waals surface area contributed by atoms with Crippen molar-refractivity contribution in [3.63, 3.8) is 0 Å². The molecule has 21 heavy (non-hydrogen) atoms. The van der Waals surface area contributed by atoms with Crippen LogP contribution in [0.2, 0.25) is 0 Å². The molecule has 1 aromatic carbocycles. The molecule has 4 heteroatoms. The summed E-state index contributed by atoms with van der Waals surface area (Å²) in [5, 5.41) is 9.16. The molecule has 0 radical (unpaired) electrons. The van der Waals surface area contributed by atoms with Gasteiger partial charge in [-0.25, -0.2) is 9.78 Å². The zero-order valence-electron chi connectivity index (χ0n) is 13.1. The predicted molar refractivity (Wildman–Crippen MR) is 84.8 cm³/mol. The van der Waals surface area contributed by atoms with Gasteiger partial charge in [0.05, 0.1) is 16.6 Å². The second-order valence-corrected chi connectivity index (χ2v) is 5.97. The van der Waals surface area contributed by atoms with Crippen molar-refractivity contribution in [1.82, 2.24) is 9.55 Å². The van der Waals surface area contributed by atoms with E-state index >= 15 is 0 Å². The van der Waals surface area contributed by atoms with Gasteiger partial charge in [0.1, 0.15) is 5.82 Å². The minimum absolute atomic E-state index is 0.329. The van der Waals surface area contributed by atoms with E-state index in [1.54, 1.807) is 12.1 Å². The Hall–Kier alpha value is -1.84. The highest BCUT2D eigenvalue weighted by molar-refractivity contribution is 5.92. The first-order valence-electron chi connectivity index (χ1n) is 7.75. The molecule has 4 nitrogen and oxygen atoms in total. The summed E-state index contributed by atoms with van der Waals surface area (Å²) in [6.45, 7) is 7.50. The average Bonchev–Trinajstić information content (AvgIpc) is 2.76. The molecule has 0 aliphatic rings. The lowest BCUT2D eigenvalue weighted by Crippen LogP contribution is -2.05. The fourth-order valence-electron chi connectivity index (χ4n) is 2.63. The molecule has 0 aliphatic heterocycles. The van der Waals surface area contributed by atoms with Crippen LogP contribution >= 0.6 is 0 Å². The number of aromatic carboxylic acids is 1. The van der Waals surface area contributed by atoms with Gasteiger partial charge in [0.15, 0.2) is 0 Å². The van der Waals surface area contributed by atoms with Crippen LogP contribution in [-0.4, -0.2) is 20.6 Å². The highest BCUT2D eigenvalue weighted by Crippen LogP contribution is 2.20. The van der Waals surface area contributed by atoms with Gasteiger partial charge in [-0.05, 0) is 43.4 Å². The normalized spacial score (nSPS) is 11.4. The standard InChI is InChI=1S/C17H24N2O2/c1-4-6-16-18-14-9-8-13(17(20)21)11-15(14)19(16)10-5-7-12(2)3/h8-9,11-12H,4-7,10H2,1-3H3,(H,20,21). The Balaban J connectivity index is 2.38.